The van der Waals surface area contributed by atoms with Crippen LogP contribution in [0.5, 0.6) is 0 Å². The lowest BCUT2D eigenvalue weighted by molar-refractivity contribution is 0.648. The Balaban J connectivity index is 2.05. The van der Waals surface area contributed by atoms with Crippen molar-refractivity contribution in [2.45, 2.75) is 13.1 Å². The Kier molecular flexibility index (Phi) is 3.04. The van der Waals surface area contributed by atoms with Crippen LogP contribution in [0, 0.1) is 0 Å². The van der Waals surface area contributed by atoms with Gasteiger partial charge in [-0.1, -0.05) is 5.21 Å². The van der Waals surface area contributed by atoms with Crippen molar-refractivity contribution in [1.29, 1.82) is 0 Å². The number of nitrogens with one attached hydrogen (secondary N) is 1. The molecule has 0 bridgehead atoms. The monoisotopic (exact) mass is 203 g/mol. The minimum Gasteiger partial charge on any atom is -0.314 e. The summed E-state index contributed by atoms with van der Waals surface area (Å²) in [4.78, 5) is 3.97. The van der Waals surface area contributed by atoms with Gasteiger partial charge in [0.1, 0.15) is 0 Å². The summed E-state index contributed by atoms with van der Waals surface area (Å²) in [5.41, 5.74) is 2.12. The molecule has 2 aromatic rings. The molecule has 2 rings (SSSR count). The van der Waals surface area contributed by atoms with E-state index in [1.165, 1.54) is 5.56 Å². The molecule has 0 aliphatic carbocycles. The Bertz CT molecular complexity index is 409. The smallest absolute Gasteiger partial charge is 0.0964 e. The summed E-state index contributed by atoms with van der Waals surface area (Å²) < 4.78 is 1.82. The number of aromatic nitrogens is 4. The topological polar surface area (TPSA) is 55.6 Å². The van der Waals surface area contributed by atoms with Gasteiger partial charge in [-0.25, -0.2) is 4.68 Å². The first kappa shape index (κ1) is 9.79. The van der Waals surface area contributed by atoms with Gasteiger partial charge in [-0.05, 0) is 24.7 Å². The molecule has 0 aliphatic rings. The maximum Gasteiger partial charge on any atom is 0.0964 e. The zero-order chi connectivity index (χ0) is 10.5. The third kappa shape index (κ3) is 2.60. The zero-order valence-corrected chi connectivity index (χ0v) is 8.59. The van der Waals surface area contributed by atoms with Gasteiger partial charge in [-0.2, -0.15) is 0 Å². The first-order chi connectivity index (χ1) is 7.38. The standard InChI is InChI=1S/C10H13N5/c1-11-6-10-8-15(14-13-10)7-9-2-4-12-5-3-9/h2-5,8,11H,6-7H2,1H3. The highest BCUT2D eigenvalue weighted by Gasteiger charge is 1.99. The average molecular weight is 203 g/mol. The molecule has 2 aromatic heterocycles. The summed E-state index contributed by atoms with van der Waals surface area (Å²) >= 11 is 0. The van der Waals surface area contributed by atoms with E-state index >= 15 is 0 Å². The van der Waals surface area contributed by atoms with Crippen molar-refractivity contribution in [3.05, 3.63) is 42.0 Å². The van der Waals surface area contributed by atoms with Gasteiger partial charge < -0.3 is 5.32 Å². The van der Waals surface area contributed by atoms with E-state index in [0.717, 1.165) is 18.8 Å². The van der Waals surface area contributed by atoms with Crippen molar-refractivity contribution in [2.24, 2.45) is 0 Å². The molecule has 5 heteroatoms. The highest BCUT2D eigenvalue weighted by Crippen LogP contribution is 2.00. The Morgan fingerprint density at radius 3 is 2.87 bits per heavy atom. The number of hydrogen-bond donors (Lipinski definition) is 1. The van der Waals surface area contributed by atoms with Gasteiger partial charge in [0.15, 0.2) is 0 Å². The van der Waals surface area contributed by atoms with Gasteiger partial charge in [-0.3, -0.25) is 4.98 Å². The molecule has 0 aliphatic heterocycles. The molecule has 0 saturated heterocycles. The van der Waals surface area contributed by atoms with Crippen LogP contribution in [0.15, 0.2) is 30.7 Å². The summed E-state index contributed by atoms with van der Waals surface area (Å²) in [5.74, 6) is 0. The first-order valence-electron chi connectivity index (χ1n) is 4.81. The fourth-order valence-corrected chi connectivity index (χ4v) is 1.35. The lowest BCUT2D eigenvalue weighted by Gasteiger charge is -1.98. The highest BCUT2D eigenvalue weighted by molar-refractivity contribution is 5.10. The van der Waals surface area contributed by atoms with Crippen LogP contribution in [-0.2, 0) is 13.1 Å². The number of rotatable bonds is 4. The predicted octanol–water partition coefficient (Wildman–Crippen LogP) is 0.441. The molecule has 5 nitrogen and oxygen atoms in total. The van der Waals surface area contributed by atoms with Crippen LogP contribution in [-0.4, -0.2) is 27.0 Å². The molecule has 1 N–H and O–H groups in total. The van der Waals surface area contributed by atoms with Gasteiger partial charge in [0.05, 0.1) is 18.4 Å². The van der Waals surface area contributed by atoms with E-state index in [0.29, 0.717) is 0 Å². The van der Waals surface area contributed by atoms with E-state index in [9.17, 15) is 0 Å². The highest BCUT2D eigenvalue weighted by atomic mass is 15.4. The number of nitrogens with zero attached hydrogens (tertiary/aromatic N) is 4. The van der Waals surface area contributed by atoms with Gasteiger partial charge in [0, 0.05) is 18.9 Å². The van der Waals surface area contributed by atoms with Crippen LogP contribution in [0.1, 0.15) is 11.3 Å². The summed E-state index contributed by atoms with van der Waals surface area (Å²) in [6.07, 6.45) is 5.50. The number of pyridine rings is 1. The van der Waals surface area contributed by atoms with E-state index in [1.807, 2.05) is 30.1 Å². The summed E-state index contributed by atoms with van der Waals surface area (Å²) in [7, 11) is 1.89. The maximum atomic E-state index is 4.04. The first-order valence-corrected chi connectivity index (χ1v) is 4.81. The van der Waals surface area contributed by atoms with Crippen LogP contribution < -0.4 is 5.32 Å². The Morgan fingerprint density at radius 1 is 1.33 bits per heavy atom. The minimum atomic E-state index is 0.735. The molecule has 0 atom stereocenters. The summed E-state index contributed by atoms with van der Waals surface area (Å²) in [6, 6.07) is 3.94. The van der Waals surface area contributed by atoms with Gasteiger partial charge in [0.25, 0.3) is 0 Å². The van der Waals surface area contributed by atoms with Crippen LogP contribution in [0.25, 0.3) is 0 Å². The Hall–Kier alpha value is -1.75. The molecule has 0 amide bonds. The molecule has 2 heterocycles. The summed E-state index contributed by atoms with van der Waals surface area (Å²) in [6.45, 7) is 1.48. The van der Waals surface area contributed by atoms with E-state index < -0.39 is 0 Å². The molecular weight excluding hydrogens is 190 g/mol. The average Bonchev–Trinajstić information content (AvgIpc) is 2.68. The Morgan fingerprint density at radius 2 is 2.13 bits per heavy atom. The Labute approximate surface area is 88.1 Å². The van der Waals surface area contributed by atoms with Crippen molar-refractivity contribution < 1.29 is 0 Å². The van der Waals surface area contributed by atoms with Crippen molar-refractivity contribution in [3.63, 3.8) is 0 Å². The molecule has 15 heavy (non-hydrogen) atoms. The molecule has 0 spiro atoms. The second-order valence-electron chi connectivity index (χ2n) is 3.29. The van der Waals surface area contributed by atoms with Crippen molar-refractivity contribution >= 4 is 0 Å². The van der Waals surface area contributed by atoms with Gasteiger partial charge >= 0.3 is 0 Å². The van der Waals surface area contributed by atoms with Crippen LogP contribution in [0.3, 0.4) is 0 Å². The van der Waals surface area contributed by atoms with Gasteiger partial charge in [0.2, 0.25) is 0 Å². The molecule has 0 saturated carbocycles. The van der Waals surface area contributed by atoms with E-state index in [2.05, 4.69) is 20.6 Å². The van der Waals surface area contributed by atoms with Crippen molar-refractivity contribution in [3.8, 4) is 0 Å². The van der Waals surface area contributed by atoms with E-state index in [1.54, 1.807) is 12.4 Å². The minimum absolute atomic E-state index is 0.735. The molecule has 0 radical (unpaired) electrons. The van der Waals surface area contributed by atoms with Crippen molar-refractivity contribution in [1.82, 2.24) is 25.3 Å². The van der Waals surface area contributed by atoms with Crippen molar-refractivity contribution in [2.75, 3.05) is 7.05 Å². The normalized spacial score (nSPS) is 10.5. The van der Waals surface area contributed by atoms with E-state index in [-0.39, 0.29) is 0 Å². The molecule has 0 fully saturated rings. The zero-order valence-electron chi connectivity index (χ0n) is 8.59. The predicted molar refractivity (Wildman–Crippen MR) is 56.1 cm³/mol. The SMILES string of the molecule is CNCc1cn(Cc2ccncc2)nn1. The van der Waals surface area contributed by atoms with Crippen LogP contribution >= 0.6 is 0 Å². The molecule has 0 unspecified atom stereocenters. The van der Waals surface area contributed by atoms with Crippen LogP contribution in [0.4, 0.5) is 0 Å². The van der Waals surface area contributed by atoms with E-state index in [4.69, 9.17) is 0 Å². The molecular formula is C10H13N5. The summed E-state index contributed by atoms with van der Waals surface area (Å²) in [5, 5.41) is 11.1. The maximum absolute atomic E-state index is 4.04. The molecule has 78 valence electrons. The van der Waals surface area contributed by atoms with Crippen LogP contribution in [0.2, 0.25) is 0 Å². The fourth-order valence-electron chi connectivity index (χ4n) is 1.35. The second-order valence-corrected chi connectivity index (χ2v) is 3.29. The number of hydrogen-bond acceptors (Lipinski definition) is 4. The third-order valence-corrected chi connectivity index (χ3v) is 2.04. The second kappa shape index (κ2) is 4.65. The third-order valence-electron chi connectivity index (χ3n) is 2.04. The quantitative estimate of drug-likeness (QED) is 0.783. The van der Waals surface area contributed by atoms with Gasteiger partial charge in [-0.15, -0.1) is 5.10 Å². The molecule has 0 aromatic carbocycles. The lowest BCUT2D eigenvalue weighted by Crippen LogP contribution is -2.05. The lowest BCUT2D eigenvalue weighted by atomic mass is 10.3. The fraction of sp³-hybridized carbons (Fsp3) is 0.300. The largest absolute Gasteiger partial charge is 0.314 e.